The van der Waals surface area contributed by atoms with Gasteiger partial charge in [0.2, 0.25) is 10.0 Å². The Morgan fingerprint density at radius 3 is 2.29 bits per heavy atom. The van der Waals surface area contributed by atoms with Gasteiger partial charge in [0.25, 0.3) is 0 Å². The van der Waals surface area contributed by atoms with Gasteiger partial charge >= 0.3 is 0 Å². The van der Waals surface area contributed by atoms with Crippen LogP contribution >= 0.6 is 34.8 Å². The molecule has 1 aliphatic heterocycles. The minimum Gasteiger partial charge on any atom is -0.256 e. The summed E-state index contributed by atoms with van der Waals surface area (Å²) in [5, 5.41) is 8.25. The fourth-order valence-corrected chi connectivity index (χ4v) is 6.03. The zero-order valence-corrected chi connectivity index (χ0v) is 22.0. The van der Waals surface area contributed by atoms with Crippen LogP contribution in [-0.4, -0.2) is 20.7 Å². The molecule has 4 rings (SSSR count). The Balaban J connectivity index is 1.68. The summed E-state index contributed by atoms with van der Waals surface area (Å²) in [6.45, 7) is 5.74. The summed E-state index contributed by atoms with van der Waals surface area (Å²) in [5.74, 6) is -0.103. The molecule has 1 heterocycles. The topological polar surface area (TPSA) is 61.8 Å². The van der Waals surface area contributed by atoms with Crippen molar-refractivity contribution in [3.8, 4) is 0 Å². The van der Waals surface area contributed by atoms with E-state index in [1.807, 2.05) is 55.3 Å². The minimum atomic E-state index is -3.72. The number of sulfonamides is 1. The first-order valence-corrected chi connectivity index (χ1v) is 13.3. The lowest BCUT2D eigenvalue weighted by molar-refractivity contribution is 0.578. The summed E-state index contributed by atoms with van der Waals surface area (Å²) in [6, 6.07) is 17.9. The molecule has 0 bridgehead atoms. The lowest BCUT2D eigenvalue weighted by Gasteiger charge is -2.28. The van der Waals surface area contributed by atoms with E-state index in [0.29, 0.717) is 32.0 Å². The average Bonchev–Trinajstić information content (AvgIpc) is 3.10. The predicted molar refractivity (Wildman–Crippen MR) is 141 cm³/mol. The summed E-state index contributed by atoms with van der Waals surface area (Å²) in [5.41, 5.74) is 3.93. The number of halogens is 3. The van der Waals surface area contributed by atoms with Crippen LogP contribution in [0.2, 0.25) is 15.1 Å². The molecule has 0 spiro atoms. The summed E-state index contributed by atoms with van der Waals surface area (Å²) in [4.78, 5) is 0.269. The molecule has 0 radical (unpaired) electrons. The maximum atomic E-state index is 13.1. The molecule has 0 aromatic heterocycles. The number of anilines is 1. The monoisotopic (exact) mass is 535 g/mol. The van der Waals surface area contributed by atoms with Gasteiger partial charge in [-0.15, -0.1) is 0 Å². The van der Waals surface area contributed by atoms with Crippen molar-refractivity contribution < 1.29 is 8.42 Å². The largest absolute Gasteiger partial charge is 0.256 e. The average molecular weight is 537 g/mol. The Kier molecular flexibility index (Phi) is 7.27. The van der Waals surface area contributed by atoms with Crippen LogP contribution in [0.25, 0.3) is 0 Å². The van der Waals surface area contributed by atoms with Crippen molar-refractivity contribution in [2.45, 2.75) is 31.7 Å². The molecule has 9 heteroatoms. The SMILES string of the molecule is Cc1ccc(C)c(S(=O)(=O)NCC2=NN(c3ccc(Cl)cc3Cl)C(c3ccc(Cl)cc3)C2C)c1. The van der Waals surface area contributed by atoms with Crippen LogP contribution in [0, 0.1) is 19.8 Å². The van der Waals surface area contributed by atoms with Crippen molar-refractivity contribution in [3.05, 3.63) is 92.4 Å². The van der Waals surface area contributed by atoms with Crippen molar-refractivity contribution in [2.24, 2.45) is 11.0 Å². The van der Waals surface area contributed by atoms with Gasteiger partial charge in [0, 0.05) is 16.0 Å². The molecule has 1 N–H and O–H groups in total. The number of rotatable bonds is 6. The quantitative estimate of drug-likeness (QED) is 0.377. The highest BCUT2D eigenvalue weighted by atomic mass is 35.5. The number of nitrogens with zero attached hydrogens (tertiary/aromatic N) is 2. The molecule has 34 heavy (non-hydrogen) atoms. The van der Waals surface area contributed by atoms with E-state index in [4.69, 9.17) is 39.9 Å². The summed E-state index contributed by atoms with van der Waals surface area (Å²) < 4.78 is 28.9. The van der Waals surface area contributed by atoms with E-state index in [1.54, 1.807) is 31.2 Å². The highest BCUT2D eigenvalue weighted by molar-refractivity contribution is 7.89. The van der Waals surface area contributed by atoms with E-state index in [0.717, 1.165) is 11.1 Å². The van der Waals surface area contributed by atoms with Gasteiger partial charge in [-0.25, -0.2) is 13.1 Å². The summed E-state index contributed by atoms with van der Waals surface area (Å²) in [6.07, 6.45) is 0. The molecule has 2 unspecified atom stereocenters. The van der Waals surface area contributed by atoms with Crippen LogP contribution in [0.1, 0.15) is 29.7 Å². The number of hydrazone groups is 1. The van der Waals surface area contributed by atoms with Gasteiger partial charge in [0.15, 0.2) is 0 Å². The number of hydrogen-bond acceptors (Lipinski definition) is 4. The van der Waals surface area contributed by atoms with Gasteiger partial charge in [-0.3, -0.25) is 5.01 Å². The van der Waals surface area contributed by atoms with Crippen LogP contribution < -0.4 is 9.73 Å². The zero-order chi connectivity index (χ0) is 24.6. The Bertz CT molecular complexity index is 1360. The number of nitrogens with one attached hydrogen (secondary N) is 1. The standard InChI is InChI=1S/C25H24Cl3N3O2S/c1-15-4-5-16(2)24(12-15)34(32,33)29-14-22-17(3)25(18-6-8-19(26)9-7-18)31(30-22)23-11-10-20(27)13-21(23)28/h4-13,17,25,29H,14H2,1-3H3. The van der Waals surface area contributed by atoms with Crippen LogP contribution in [0.3, 0.4) is 0 Å². The molecule has 0 saturated heterocycles. The second kappa shape index (κ2) is 9.88. The van der Waals surface area contributed by atoms with Crippen molar-refractivity contribution in [2.75, 3.05) is 11.6 Å². The van der Waals surface area contributed by atoms with E-state index in [2.05, 4.69) is 4.72 Å². The molecule has 3 aromatic carbocycles. The molecule has 3 aromatic rings. The fraction of sp³-hybridized carbons (Fsp3) is 0.240. The van der Waals surface area contributed by atoms with E-state index >= 15 is 0 Å². The molecule has 0 saturated carbocycles. The molecule has 0 fully saturated rings. The highest BCUT2D eigenvalue weighted by Gasteiger charge is 2.37. The Hall–Kier alpha value is -2.09. The Morgan fingerprint density at radius 1 is 0.941 bits per heavy atom. The lowest BCUT2D eigenvalue weighted by atomic mass is 9.91. The van der Waals surface area contributed by atoms with Crippen molar-refractivity contribution in [3.63, 3.8) is 0 Å². The maximum absolute atomic E-state index is 13.1. The Morgan fingerprint density at radius 2 is 1.62 bits per heavy atom. The molecule has 2 atom stereocenters. The molecule has 5 nitrogen and oxygen atoms in total. The third kappa shape index (κ3) is 5.11. The Labute approximate surface area is 215 Å². The van der Waals surface area contributed by atoms with E-state index < -0.39 is 10.0 Å². The minimum absolute atomic E-state index is 0.0721. The van der Waals surface area contributed by atoms with Gasteiger partial charge < -0.3 is 0 Å². The smallest absolute Gasteiger partial charge is 0.241 e. The lowest BCUT2D eigenvalue weighted by Crippen LogP contribution is -2.32. The third-order valence-electron chi connectivity index (χ3n) is 5.94. The van der Waals surface area contributed by atoms with Crippen LogP contribution in [-0.2, 0) is 10.0 Å². The number of aryl methyl sites for hydroxylation is 2. The van der Waals surface area contributed by atoms with Gasteiger partial charge in [0.05, 0.1) is 33.9 Å². The molecular weight excluding hydrogens is 513 g/mol. The normalized spacial score (nSPS) is 18.3. The maximum Gasteiger partial charge on any atom is 0.241 e. The first-order chi connectivity index (χ1) is 16.1. The van der Waals surface area contributed by atoms with E-state index in [-0.39, 0.29) is 23.4 Å². The van der Waals surface area contributed by atoms with Gasteiger partial charge in [-0.1, -0.05) is 66.0 Å². The van der Waals surface area contributed by atoms with Crippen LogP contribution in [0.5, 0.6) is 0 Å². The van der Waals surface area contributed by atoms with Crippen LogP contribution in [0.15, 0.2) is 70.7 Å². The van der Waals surface area contributed by atoms with E-state index in [1.165, 1.54) is 0 Å². The fourth-order valence-electron chi connectivity index (χ4n) is 4.09. The summed E-state index contributed by atoms with van der Waals surface area (Å²) >= 11 is 18.7. The van der Waals surface area contributed by atoms with Gasteiger partial charge in [-0.2, -0.15) is 5.10 Å². The molecule has 1 aliphatic rings. The predicted octanol–water partition coefficient (Wildman–Crippen LogP) is 6.80. The van der Waals surface area contributed by atoms with Crippen molar-refractivity contribution in [1.29, 1.82) is 0 Å². The summed E-state index contributed by atoms with van der Waals surface area (Å²) in [7, 11) is -3.72. The van der Waals surface area contributed by atoms with Gasteiger partial charge in [0.1, 0.15) is 0 Å². The van der Waals surface area contributed by atoms with Crippen LogP contribution in [0.4, 0.5) is 5.69 Å². The number of hydrogen-bond donors (Lipinski definition) is 1. The third-order valence-corrected chi connectivity index (χ3v) is 8.28. The second-order valence-corrected chi connectivity index (χ2v) is 11.4. The first kappa shape index (κ1) is 25.0. The van der Waals surface area contributed by atoms with E-state index in [9.17, 15) is 8.42 Å². The van der Waals surface area contributed by atoms with Crippen molar-refractivity contribution in [1.82, 2.24) is 4.72 Å². The number of benzene rings is 3. The van der Waals surface area contributed by atoms with Crippen molar-refractivity contribution >= 4 is 56.2 Å². The molecule has 0 amide bonds. The second-order valence-electron chi connectivity index (χ2n) is 8.41. The molecular formula is C25H24Cl3N3O2S. The van der Waals surface area contributed by atoms with Gasteiger partial charge in [-0.05, 0) is 66.9 Å². The molecule has 0 aliphatic carbocycles. The molecule has 178 valence electrons. The zero-order valence-electron chi connectivity index (χ0n) is 18.9. The first-order valence-electron chi connectivity index (χ1n) is 10.7. The highest BCUT2D eigenvalue weighted by Crippen LogP contribution is 2.42.